The molecule has 0 aliphatic carbocycles. The molecule has 0 atom stereocenters. The lowest BCUT2D eigenvalue weighted by Gasteiger charge is -2.03. The van der Waals surface area contributed by atoms with Crippen LogP contribution in [-0.4, -0.2) is 17.6 Å². The lowest BCUT2D eigenvalue weighted by molar-refractivity contribution is 0.0524. The van der Waals surface area contributed by atoms with Gasteiger partial charge in [-0.05, 0) is 58.2 Å². The Morgan fingerprint density at radius 2 is 2.31 bits per heavy atom. The normalized spacial score (nSPS) is 9.77. The second-order valence-electron chi connectivity index (χ2n) is 2.21. The summed E-state index contributed by atoms with van der Waals surface area (Å²) in [5.74, 6) is -0.307. The number of aromatic nitrogens is 1. The number of carbonyl (C=O) groups excluding carboxylic acids is 1. The number of halogens is 2. The van der Waals surface area contributed by atoms with E-state index >= 15 is 0 Å². The van der Waals surface area contributed by atoms with Crippen LogP contribution in [0.25, 0.3) is 0 Å². The summed E-state index contributed by atoms with van der Waals surface area (Å²) in [7, 11) is 0. The van der Waals surface area contributed by atoms with E-state index in [1.165, 1.54) is 0 Å². The summed E-state index contributed by atoms with van der Waals surface area (Å²) in [5.41, 5.74) is 0.536. The summed E-state index contributed by atoms with van der Waals surface area (Å²) in [6, 6.07) is 1.77. The SMILES string of the molecule is CCOC(=O)c1cc(I)cnc1I. The van der Waals surface area contributed by atoms with Crippen molar-refractivity contribution in [2.45, 2.75) is 6.92 Å². The van der Waals surface area contributed by atoms with Crippen LogP contribution in [0.15, 0.2) is 12.3 Å². The summed E-state index contributed by atoms with van der Waals surface area (Å²) in [4.78, 5) is 15.4. The first-order valence-corrected chi connectivity index (χ1v) is 5.79. The van der Waals surface area contributed by atoms with E-state index in [0.717, 1.165) is 3.57 Å². The number of carbonyl (C=O) groups is 1. The highest BCUT2D eigenvalue weighted by atomic mass is 127. The number of hydrogen-bond acceptors (Lipinski definition) is 3. The van der Waals surface area contributed by atoms with Crippen molar-refractivity contribution in [1.82, 2.24) is 4.98 Å². The van der Waals surface area contributed by atoms with Gasteiger partial charge < -0.3 is 4.74 Å². The van der Waals surface area contributed by atoms with E-state index in [2.05, 4.69) is 27.6 Å². The lowest BCUT2D eigenvalue weighted by atomic mass is 10.3. The zero-order chi connectivity index (χ0) is 9.84. The molecular formula is C8H7I2NO2. The minimum absolute atomic E-state index is 0.307. The summed E-state index contributed by atoms with van der Waals surface area (Å²) in [5, 5.41) is 0. The Morgan fingerprint density at radius 1 is 1.62 bits per heavy atom. The Hall–Kier alpha value is 0.0800. The second-order valence-corrected chi connectivity index (χ2v) is 4.48. The van der Waals surface area contributed by atoms with Gasteiger partial charge in [0.1, 0.15) is 3.70 Å². The standard InChI is InChI=1S/C8H7I2NO2/c1-2-13-8(12)6-3-5(9)4-11-7(6)10/h3-4H,2H2,1H3. The number of esters is 1. The predicted octanol–water partition coefficient (Wildman–Crippen LogP) is 2.47. The van der Waals surface area contributed by atoms with Crippen molar-refractivity contribution >= 4 is 51.2 Å². The molecule has 0 radical (unpaired) electrons. The zero-order valence-corrected chi connectivity index (χ0v) is 11.2. The van der Waals surface area contributed by atoms with Crippen molar-refractivity contribution in [2.75, 3.05) is 6.61 Å². The van der Waals surface area contributed by atoms with Crippen molar-refractivity contribution in [1.29, 1.82) is 0 Å². The van der Waals surface area contributed by atoms with Gasteiger partial charge in [0.15, 0.2) is 0 Å². The molecule has 1 heterocycles. The molecule has 1 aromatic heterocycles. The van der Waals surface area contributed by atoms with Crippen LogP contribution in [0.1, 0.15) is 17.3 Å². The fourth-order valence-corrected chi connectivity index (χ4v) is 1.74. The zero-order valence-electron chi connectivity index (χ0n) is 6.88. The average Bonchev–Trinajstić information content (AvgIpc) is 2.09. The molecule has 13 heavy (non-hydrogen) atoms. The second kappa shape index (κ2) is 5.08. The molecule has 0 fully saturated rings. The van der Waals surface area contributed by atoms with Gasteiger partial charge in [-0.15, -0.1) is 0 Å². The maximum atomic E-state index is 11.3. The van der Waals surface area contributed by atoms with Crippen LogP contribution in [0.5, 0.6) is 0 Å². The largest absolute Gasteiger partial charge is 0.462 e. The number of pyridine rings is 1. The smallest absolute Gasteiger partial charge is 0.340 e. The number of ether oxygens (including phenoxy) is 1. The summed E-state index contributed by atoms with van der Waals surface area (Å²) >= 11 is 4.13. The highest BCUT2D eigenvalue weighted by molar-refractivity contribution is 14.1. The van der Waals surface area contributed by atoms with Gasteiger partial charge in [0.2, 0.25) is 0 Å². The molecule has 0 aromatic carbocycles. The van der Waals surface area contributed by atoms with Crippen molar-refractivity contribution < 1.29 is 9.53 Å². The molecule has 0 bridgehead atoms. The monoisotopic (exact) mass is 403 g/mol. The molecule has 1 rings (SSSR count). The minimum atomic E-state index is -0.307. The van der Waals surface area contributed by atoms with Gasteiger partial charge in [-0.1, -0.05) is 0 Å². The number of nitrogens with zero attached hydrogens (tertiary/aromatic N) is 1. The van der Waals surface area contributed by atoms with Crippen LogP contribution >= 0.6 is 45.2 Å². The van der Waals surface area contributed by atoms with E-state index in [0.29, 0.717) is 15.9 Å². The van der Waals surface area contributed by atoms with Gasteiger partial charge in [-0.2, -0.15) is 0 Å². The summed E-state index contributed by atoms with van der Waals surface area (Å²) in [6.07, 6.45) is 1.71. The molecule has 0 spiro atoms. The van der Waals surface area contributed by atoms with E-state index in [-0.39, 0.29) is 5.97 Å². The predicted molar refractivity (Wildman–Crippen MR) is 65.6 cm³/mol. The number of rotatable bonds is 2. The van der Waals surface area contributed by atoms with Gasteiger partial charge in [-0.25, -0.2) is 9.78 Å². The van der Waals surface area contributed by atoms with Gasteiger partial charge in [0.05, 0.1) is 12.2 Å². The Morgan fingerprint density at radius 3 is 2.92 bits per heavy atom. The van der Waals surface area contributed by atoms with Crippen LogP contribution < -0.4 is 0 Å². The van der Waals surface area contributed by atoms with E-state index in [4.69, 9.17) is 4.74 Å². The third kappa shape index (κ3) is 3.04. The molecule has 0 aliphatic heterocycles. The van der Waals surface area contributed by atoms with Crippen molar-refractivity contribution in [3.63, 3.8) is 0 Å². The van der Waals surface area contributed by atoms with Gasteiger partial charge in [0.25, 0.3) is 0 Å². The summed E-state index contributed by atoms with van der Waals surface area (Å²) in [6.45, 7) is 2.17. The molecule has 5 heteroatoms. The van der Waals surface area contributed by atoms with E-state index in [1.807, 2.05) is 22.6 Å². The molecule has 0 amide bonds. The maximum absolute atomic E-state index is 11.3. The first-order chi connectivity index (χ1) is 6.15. The third-order valence-corrected chi connectivity index (χ3v) is 2.75. The van der Waals surface area contributed by atoms with Gasteiger partial charge >= 0.3 is 5.97 Å². The summed E-state index contributed by atoms with van der Waals surface area (Å²) < 4.78 is 6.49. The molecule has 1 aromatic rings. The van der Waals surface area contributed by atoms with Gasteiger partial charge in [0, 0.05) is 9.77 Å². The molecule has 0 saturated carbocycles. The van der Waals surface area contributed by atoms with Crippen molar-refractivity contribution in [2.24, 2.45) is 0 Å². The van der Waals surface area contributed by atoms with Crippen LogP contribution in [0.2, 0.25) is 0 Å². The van der Waals surface area contributed by atoms with Crippen LogP contribution in [-0.2, 0) is 4.74 Å². The van der Waals surface area contributed by atoms with Crippen molar-refractivity contribution in [3.8, 4) is 0 Å². The van der Waals surface area contributed by atoms with Crippen molar-refractivity contribution in [3.05, 3.63) is 25.1 Å². The van der Waals surface area contributed by atoms with Gasteiger partial charge in [-0.3, -0.25) is 0 Å². The number of hydrogen-bond donors (Lipinski definition) is 0. The molecular weight excluding hydrogens is 396 g/mol. The first kappa shape index (κ1) is 11.2. The fraction of sp³-hybridized carbons (Fsp3) is 0.250. The highest BCUT2D eigenvalue weighted by Crippen LogP contribution is 2.13. The lowest BCUT2D eigenvalue weighted by Crippen LogP contribution is -2.08. The Kier molecular flexibility index (Phi) is 4.36. The molecule has 0 N–H and O–H groups in total. The Balaban J connectivity index is 2.99. The molecule has 0 unspecified atom stereocenters. The van der Waals surface area contributed by atoms with Crippen LogP contribution in [0.3, 0.4) is 0 Å². The molecule has 3 nitrogen and oxygen atoms in total. The molecule has 0 aliphatic rings. The van der Waals surface area contributed by atoms with E-state index in [9.17, 15) is 4.79 Å². The van der Waals surface area contributed by atoms with Crippen LogP contribution in [0.4, 0.5) is 0 Å². The maximum Gasteiger partial charge on any atom is 0.340 e. The third-order valence-electron chi connectivity index (χ3n) is 1.30. The topological polar surface area (TPSA) is 39.2 Å². The van der Waals surface area contributed by atoms with E-state index < -0.39 is 0 Å². The molecule has 70 valence electrons. The first-order valence-electron chi connectivity index (χ1n) is 3.63. The van der Waals surface area contributed by atoms with Crippen LogP contribution in [0, 0.1) is 7.27 Å². The minimum Gasteiger partial charge on any atom is -0.462 e. The van der Waals surface area contributed by atoms with E-state index in [1.54, 1.807) is 19.2 Å². The Bertz CT molecular complexity index is 328. The fourth-order valence-electron chi connectivity index (χ4n) is 0.775. The highest BCUT2D eigenvalue weighted by Gasteiger charge is 2.11. The molecule has 0 saturated heterocycles. The quantitative estimate of drug-likeness (QED) is 0.433. The Labute approximate surface area is 104 Å². The average molecular weight is 403 g/mol.